The Morgan fingerprint density at radius 1 is 0.958 bits per heavy atom. The summed E-state index contributed by atoms with van der Waals surface area (Å²) in [4.78, 5) is 19.7. The Labute approximate surface area is 145 Å². The highest BCUT2D eigenvalue weighted by atomic mass is 32.2. The number of pyridine rings is 1. The molecule has 0 radical (unpaired) electrons. The predicted molar refractivity (Wildman–Crippen MR) is 97.0 cm³/mol. The largest absolute Gasteiger partial charge is 0.351 e. The first kappa shape index (κ1) is 16.1. The number of urea groups is 1. The van der Waals surface area contributed by atoms with E-state index in [9.17, 15) is 4.79 Å². The summed E-state index contributed by atoms with van der Waals surface area (Å²) in [5.74, 6) is 0. The van der Waals surface area contributed by atoms with Crippen LogP contribution in [0.1, 0.15) is 5.56 Å². The van der Waals surface area contributed by atoms with Crippen molar-refractivity contribution in [1.29, 1.82) is 0 Å². The summed E-state index contributed by atoms with van der Waals surface area (Å²) in [5, 5.41) is 0. The molecule has 1 aromatic heterocycles. The SMILES string of the molecule is NC(=O)N(Cc1cccnc1)c1ccc(Sc2ccccc2)cc1. The fraction of sp³-hybridized carbons (Fsp3) is 0.0526. The molecule has 0 fully saturated rings. The molecule has 0 unspecified atom stereocenters. The fourth-order valence-electron chi connectivity index (χ4n) is 2.29. The van der Waals surface area contributed by atoms with Gasteiger partial charge in [0.15, 0.2) is 0 Å². The quantitative estimate of drug-likeness (QED) is 0.755. The van der Waals surface area contributed by atoms with Crippen molar-refractivity contribution in [2.24, 2.45) is 5.73 Å². The molecule has 4 nitrogen and oxygen atoms in total. The Balaban J connectivity index is 1.75. The van der Waals surface area contributed by atoms with Crippen molar-refractivity contribution in [3.63, 3.8) is 0 Å². The summed E-state index contributed by atoms with van der Waals surface area (Å²) >= 11 is 1.68. The first-order valence-electron chi connectivity index (χ1n) is 7.51. The van der Waals surface area contributed by atoms with Crippen LogP contribution in [0.4, 0.5) is 10.5 Å². The molecule has 0 atom stereocenters. The van der Waals surface area contributed by atoms with Crippen molar-refractivity contribution >= 4 is 23.5 Å². The van der Waals surface area contributed by atoms with Crippen molar-refractivity contribution in [2.75, 3.05) is 4.90 Å². The van der Waals surface area contributed by atoms with Gasteiger partial charge in [0, 0.05) is 27.9 Å². The van der Waals surface area contributed by atoms with Crippen molar-refractivity contribution in [3.05, 3.63) is 84.7 Å². The third-order valence-corrected chi connectivity index (χ3v) is 4.47. The zero-order valence-electron chi connectivity index (χ0n) is 13.0. The van der Waals surface area contributed by atoms with E-state index in [1.54, 1.807) is 24.2 Å². The van der Waals surface area contributed by atoms with Crippen molar-refractivity contribution < 1.29 is 4.79 Å². The second-order valence-electron chi connectivity index (χ2n) is 5.19. The van der Waals surface area contributed by atoms with Gasteiger partial charge >= 0.3 is 6.03 Å². The minimum absolute atomic E-state index is 0.397. The Kier molecular flexibility index (Phi) is 5.13. The smallest absolute Gasteiger partial charge is 0.319 e. The average molecular weight is 335 g/mol. The number of aromatic nitrogens is 1. The molecule has 0 aliphatic heterocycles. The summed E-state index contributed by atoms with van der Waals surface area (Å²) in [5.41, 5.74) is 7.24. The van der Waals surface area contributed by atoms with Gasteiger partial charge in [-0.15, -0.1) is 0 Å². The van der Waals surface area contributed by atoms with E-state index in [0.717, 1.165) is 16.1 Å². The topological polar surface area (TPSA) is 59.2 Å². The number of anilines is 1. The van der Waals surface area contributed by atoms with Crippen LogP contribution >= 0.6 is 11.8 Å². The van der Waals surface area contributed by atoms with Gasteiger partial charge in [-0.3, -0.25) is 9.88 Å². The molecule has 0 aliphatic rings. The molecule has 1 heterocycles. The van der Waals surface area contributed by atoms with Gasteiger partial charge in [-0.2, -0.15) is 0 Å². The van der Waals surface area contributed by atoms with Crippen LogP contribution in [0.2, 0.25) is 0 Å². The molecule has 5 heteroatoms. The highest BCUT2D eigenvalue weighted by Gasteiger charge is 2.13. The zero-order chi connectivity index (χ0) is 16.8. The molecule has 0 spiro atoms. The molecular formula is C19H17N3OS. The van der Waals surface area contributed by atoms with Crippen LogP contribution in [0, 0.1) is 0 Å². The summed E-state index contributed by atoms with van der Waals surface area (Å²) in [6, 6.07) is 21.2. The molecule has 0 saturated heterocycles. The van der Waals surface area contributed by atoms with E-state index >= 15 is 0 Å². The standard InChI is InChI=1S/C19H17N3OS/c20-19(23)22(14-15-5-4-12-21-13-15)16-8-10-18(11-9-16)24-17-6-2-1-3-7-17/h1-13H,14H2,(H2,20,23). The van der Waals surface area contributed by atoms with Gasteiger partial charge < -0.3 is 5.73 Å². The number of amides is 2. The molecule has 0 aliphatic carbocycles. The number of primary amides is 1. The number of benzene rings is 2. The maximum Gasteiger partial charge on any atom is 0.319 e. The predicted octanol–water partition coefficient (Wildman–Crippen LogP) is 4.32. The van der Waals surface area contributed by atoms with E-state index in [2.05, 4.69) is 17.1 Å². The Morgan fingerprint density at radius 2 is 1.67 bits per heavy atom. The van der Waals surface area contributed by atoms with Crippen LogP contribution < -0.4 is 10.6 Å². The second kappa shape index (κ2) is 7.66. The molecule has 0 bridgehead atoms. The second-order valence-corrected chi connectivity index (χ2v) is 6.34. The van der Waals surface area contributed by atoms with E-state index in [1.807, 2.05) is 54.6 Å². The minimum atomic E-state index is -0.484. The van der Waals surface area contributed by atoms with Crippen LogP contribution in [0.5, 0.6) is 0 Å². The summed E-state index contributed by atoms with van der Waals surface area (Å²) in [7, 11) is 0. The zero-order valence-corrected chi connectivity index (χ0v) is 13.8. The summed E-state index contributed by atoms with van der Waals surface area (Å²) in [6.45, 7) is 0.397. The maximum absolute atomic E-state index is 11.8. The van der Waals surface area contributed by atoms with Gasteiger partial charge in [0.2, 0.25) is 0 Å². The van der Waals surface area contributed by atoms with Crippen molar-refractivity contribution in [2.45, 2.75) is 16.3 Å². The van der Waals surface area contributed by atoms with Crippen molar-refractivity contribution in [1.82, 2.24) is 4.98 Å². The lowest BCUT2D eigenvalue weighted by Crippen LogP contribution is -2.35. The molecule has 2 aromatic carbocycles. The van der Waals surface area contributed by atoms with Crippen LogP contribution in [-0.2, 0) is 6.54 Å². The van der Waals surface area contributed by atoms with Gasteiger partial charge in [0.05, 0.1) is 6.54 Å². The number of nitrogens with zero attached hydrogens (tertiary/aromatic N) is 2. The van der Waals surface area contributed by atoms with E-state index < -0.39 is 6.03 Å². The number of carbonyl (C=O) groups excluding carboxylic acids is 1. The molecule has 24 heavy (non-hydrogen) atoms. The summed E-state index contributed by atoms with van der Waals surface area (Å²) < 4.78 is 0. The van der Waals surface area contributed by atoms with Gasteiger partial charge in [0.1, 0.15) is 0 Å². The molecule has 3 rings (SSSR count). The number of hydrogen-bond acceptors (Lipinski definition) is 3. The number of nitrogens with two attached hydrogens (primary N) is 1. The molecule has 0 saturated carbocycles. The molecule has 2 amide bonds. The number of hydrogen-bond donors (Lipinski definition) is 1. The minimum Gasteiger partial charge on any atom is -0.351 e. The van der Waals surface area contributed by atoms with E-state index in [-0.39, 0.29) is 0 Å². The highest BCUT2D eigenvalue weighted by molar-refractivity contribution is 7.99. The Morgan fingerprint density at radius 3 is 2.29 bits per heavy atom. The molecule has 3 aromatic rings. The van der Waals surface area contributed by atoms with Gasteiger partial charge in [-0.05, 0) is 48.0 Å². The van der Waals surface area contributed by atoms with Gasteiger partial charge in [-0.1, -0.05) is 36.0 Å². The molecule has 2 N–H and O–H groups in total. The average Bonchev–Trinajstić information content (AvgIpc) is 2.62. The number of carbonyl (C=O) groups is 1. The van der Waals surface area contributed by atoms with Gasteiger partial charge in [0.25, 0.3) is 0 Å². The van der Waals surface area contributed by atoms with E-state index in [0.29, 0.717) is 6.54 Å². The Hall–Kier alpha value is -2.79. The third-order valence-electron chi connectivity index (χ3n) is 3.46. The Bertz CT molecular complexity index is 792. The normalized spacial score (nSPS) is 10.3. The van der Waals surface area contributed by atoms with Gasteiger partial charge in [-0.25, -0.2) is 4.79 Å². The monoisotopic (exact) mass is 335 g/mol. The fourth-order valence-corrected chi connectivity index (χ4v) is 3.13. The lowest BCUT2D eigenvalue weighted by molar-refractivity contribution is 0.253. The van der Waals surface area contributed by atoms with Crippen molar-refractivity contribution in [3.8, 4) is 0 Å². The van der Waals surface area contributed by atoms with Crippen LogP contribution in [0.15, 0.2) is 88.9 Å². The molecule has 120 valence electrons. The third kappa shape index (κ3) is 4.14. The first-order valence-corrected chi connectivity index (χ1v) is 8.33. The number of rotatable bonds is 5. The van der Waals surface area contributed by atoms with E-state index in [4.69, 9.17) is 5.73 Å². The summed E-state index contributed by atoms with van der Waals surface area (Å²) in [6.07, 6.45) is 3.43. The lowest BCUT2D eigenvalue weighted by Gasteiger charge is -2.20. The van der Waals surface area contributed by atoms with E-state index in [1.165, 1.54) is 9.80 Å². The van der Waals surface area contributed by atoms with Crippen LogP contribution in [-0.4, -0.2) is 11.0 Å². The maximum atomic E-state index is 11.8. The molecular weight excluding hydrogens is 318 g/mol. The van der Waals surface area contributed by atoms with Crippen LogP contribution in [0.3, 0.4) is 0 Å². The highest BCUT2D eigenvalue weighted by Crippen LogP contribution is 2.29. The first-order chi connectivity index (χ1) is 11.7. The lowest BCUT2D eigenvalue weighted by atomic mass is 10.2. The van der Waals surface area contributed by atoms with Crippen LogP contribution in [0.25, 0.3) is 0 Å².